The van der Waals surface area contributed by atoms with Crippen LogP contribution in [-0.2, 0) is 4.79 Å². The molecule has 11 heteroatoms. The first-order chi connectivity index (χ1) is 14.9. The molecule has 3 amide bonds. The zero-order valence-electron chi connectivity index (χ0n) is 17.0. The van der Waals surface area contributed by atoms with Crippen molar-refractivity contribution in [2.75, 3.05) is 32.5 Å². The molecule has 0 bridgehead atoms. The van der Waals surface area contributed by atoms with Crippen molar-refractivity contribution in [2.45, 2.75) is 6.92 Å². The molecule has 0 aliphatic carbocycles. The molecule has 0 spiro atoms. The zero-order chi connectivity index (χ0) is 22.4. The van der Waals surface area contributed by atoms with Crippen LogP contribution >= 0.6 is 11.8 Å². The average molecular weight is 443 g/mol. The fourth-order valence-electron chi connectivity index (χ4n) is 2.78. The molecule has 1 saturated heterocycles. The maximum Gasteiger partial charge on any atom is 0.293 e. The summed E-state index contributed by atoms with van der Waals surface area (Å²) in [5.41, 5.74) is 6.30. The van der Waals surface area contributed by atoms with Crippen LogP contribution < -0.4 is 20.5 Å². The number of aromatic nitrogens is 2. The third-order valence-corrected chi connectivity index (χ3v) is 5.13. The first kappa shape index (κ1) is 22.1. The Hall–Kier alpha value is -3.60. The predicted molar refractivity (Wildman–Crippen MR) is 116 cm³/mol. The van der Waals surface area contributed by atoms with Crippen LogP contribution in [0.3, 0.4) is 0 Å². The summed E-state index contributed by atoms with van der Waals surface area (Å²) < 4.78 is 10.8. The van der Waals surface area contributed by atoms with Crippen molar-refractivity contribution in [2.24, 2.45) is 0 Å². The lowest BCUT2D eigenvalue weighted by atomic mass is 10.2. The smallest absolute Gasteiger partial charge is 0.293 e. The van der Waals surface area contributed by atoms with Gasteiger partial charge in [0.1, 0.15) is 0 Å². The summed E-state index contributed by atoms with van der Waals surface area (Å²) >= 11 is 0.834. The summed E-state index contributed by atoms with van der Waals surface area (Å²) in [5.74, 6) is 0.154. The number of nitrogens with one attached hydrogen (secondary N) is 1. The highest BCUT2D eigenvalue weighted by atomic mass is 32.2. The van der Waals surface area contributed by atoms with E-state index in [2.05, 4.69) is 15.3 Å². The Labute approximate surface area is 182 Å². The highest BCUT2D eigenvalue weighted by Crippen LogP contribution is 2.34. The molecule has 1 fully saturated rings. The lowest BCUT2D eigenvalue weighted by Crippen LogP contribution is -2.37. The van der Waals surface area contributed by atoms with E-state index in [1.807, 2.05) is 6.92 Å². The summed E-state index contributed by atoms with van der Waals surface area (Å²) in [7, 11) is 1.53. The molecule has 10 nitrogen and oxygen atoms in total. The van der Waals surface area contributed by atoms with Crippen LogP contribution in [0.5, 0.6) is 11.5 Å². The second kappa shape index (κ2) is 9.94. The molecular weight excluding hydrogens is 422 g/mol. The largest absolute Gasteiger partial charge is 0.493 e. The van der Waals surface area contributed by atoms with E-state index in [9.17, 15) is 14.4 Å². The van der Waals surface area contributed by atoms with Gasteiger partial charge in [0.25, 0.3) is 17.1 Å². The number of nitrogens with zero attached hydrogens (tertiary/aromatic N) is 3. The summed E-state index contributed by atoms with van der Waals surface area (Å²) in [6.07, 6.45) is 4.34. The minimum Gasteiger partial charge on any atom is -0.493 e. The van der Waals surface area contributed by atoms with Crippen LogP contribution in [0.15, 0.2) is 35.5 Å². The van der Waals surface area contributed by atoms with Gasteiger partial charge in [0, 0.05) is 25.5 Å². The van der Waals surface area contributed by atoms with E-state index in [1.165, 1.54) is 19.5 Å². The van der Waals surface area contributed by atoms with Gasteiger partial charge in [-0.25, -0.2) is 9.97 Å². The lowest BCUT2D eigenvalue weighted by molar-refractivity contribution is -0.122. The van der Waals surface area contributed by atoms with Crippen molar-refractivity contribution in [1.82, 2.24) is 20.2 Å². The van der Waals surface area contributed by atoms with Crippen LogP contribution in [0.2, 0.25) is 0 Å². The van der Waals surface area contributed by atoms with Crippen LogP contribution in [-0.4, -0.2) is 58.7 Å². The van der Waals surface area contributed by atoms with Gasteiger partial charge in [-0.1, -0.05) is 6.07 Å². The summed E-state index contributed by atoms with van der Waals surface area (Å²) in [6, 6.07) is 5.24. The number of amides is 3. The number of hydrogen-bond donors (Lipinski definition) is 2. The van der Waals surface area contributed by atoms with Crippen LogP contribution in [0.25, 0.3) is 6.08 Å². The van der Waals surface area contributed by atoms with E-state index < -0.39 is 17.1 Å². The molecule has 0 radical (unpaired) electrons. The van der Waals surface area contributed by atoms with Crippen LogP contribution in [0, 0.1) is 0 Å². The number of carbonyl (C=O) groups excluding carboxylic acids is 3. The number of rotatable bonds is 8. The van der Waals surface area contributed by atoms with Gasteiger partial charge in [-0.15, -0.1) is 0 Å². The molecule has 31 heavy (non-hydrogen) atoms. The molecule has 0 atom stereocenters. The monoisotopic (exact) mass is 443 g/mol. The highest BCUT2D eigenvalue weighted by Gasteiger charge is 2.34. The van der Waals surface area contributed by atoms with Gasteiger partial charge >= 0.3 is 0 Å². The van der Waals surface area contributed by atoms with E-state index in [1.54, 1.807) is 24.3 Å². The number of thioether (sulfide) groups is 1. The second-order valence-electron chi connectivity index (χ2n) is 6.22. The zero-order valence-corrected chi connectivity index (χ0v) is 17.8. The van der Waals surface area contributed by atoms with Crippen molar-refractivity contribution in [3.05, 3.63) is 46.8 Å². The Morgan fingerprint density at radius 1 is 1.26 bits per heavy atom. The number of benzene rings is 1. The maximum atomic E-state index is 12.6. The minimum absolute atomic E-state index is 0.000108. The number of anilines is 1. The van der Waals surface area contributed by atoms with Gasteiger partial charge in [-0.3, -0.25) is 19.3 Å². The molecule has 3 rings (SSSR count). The molecular formula is C20H21N5O5S. The molecule has 162 valence electrons. The SMILES string of the molecule is CCOc1ccc(C=C2SC(=O)N(CCNC(=O)c3nccnc3N)C2=O)cc1OC. The first-order valence-corrected chi connectivity index (χ1v) is 10.2. The van der Waals surface area contributed by atoms with Crippen molar-refractivity contribution in [3.63, 3.8) is 0 Å². The summed E-state index contributed by atoms with van der Waals surface area (Å²) in [4.78, 5) is 46.1. The van der Waals surface area contributed by atoms with Gasteiger partial charge in [-0.05, 0) is 42.5 Å². The summed E-state index contributed by atoms with van der Waals surface area (Å²) in [5, 5.41) is 2.16. The lowest BCUT2D eigenvalue weighted by Gasteiger charge is -2.13. The fourth-order valence-corrected chi connectivity index (χ4v) is 3.65. The number of carbonyl (C=O) groups is 3. The van der Waals surface area contributed by atoms with Gasteiger partial charge in [0.15, 0.2) is 23.0 Å². The van der Waals surface area contributed by atoms with E-state index in [4.69, 9.17) is 15.2 Å². The predicted octanol–water partition coefficient (Wildman–Crippen LogP) is 1.93. The third-order valence-electron chi connectivity index (χ3n) is 4.22. The van der Waals surface area contributed by atoms with Crippen molar-refractivity contribution >= 4 is 40.7 Å². The van der Waals surface area contributed by atoms with Crippen molar-refractivity contribution < 1.29 is 23.9 Å². The van der Waals surface area contributed by atoms with Crippen molar-refractivity contribution in [3.8, 4) is 11.5 Å². The molecule has 2 heterocycles. The van der Waals surface area contributed by atoms with Crippen molar-refractivity contribution in [1.29, 1.82) is 0 Å². The summed E-state index contributed by atoms with van der Waals surface area (Å²) in [6.45, 7) is 2.43. The number of nitrogens with two attached hydrogens (primary N) is 1. The van der Waals surface area contributed by atoms with Crippen LogP contribution in [0.1, 0.15) is 23.0 Å². The number of nitrogen functional groups attached to an aromatic ring is 1. The Morgan fingerprint density at radius 2 is 2.03 bits per heavy atom. The average Bonchev–Trinajstić information content (AvgIpc) is 3.02. The number of methoxy groups -OCH3 is 1. The van der Waals surface area contributed by atoms with Crippen LogP contribution in [0.4, 0.5) is 10.6 Å². The normalized spacial score (nSPS) is 14.8. The Morgan fingerprint density at radius 3 is 2.74 bits per heavy atom. The Bertz CT molecular complexity index is 1040. The van der Waals surface area contributed by atoms with Gasteiger partial charge in [-0.2, -0.15) is 0 Å². The van der Waals surface area contributed by atoms with Gasteiger partial charge < -0.3 is 20.5 Å². The molecule has 0 unspecified atom stereocenters. The number of ether oxygens (including phenoxy) is 2. The molecule has 1 aromatic carbocycles. The Kier molecular flexibility index (Phi) is 7.08. The topological polar surface area (TPSA) is 137 Å². The van der Waals surface area contributed by atoms with E-state index in [0.717, 1.165) is 16.7 Å². The van der Waals surface area contributed by atoms with E-state index in [-0.39, 0.29) is 29.5 Å². The molecule has 3 N–H and O–H groups in total. The molecule has 1 aromatic heterocycles. The molecule has 2 aromatic rings. The molecule has 1 aliphatic heterocycles. The molecule has 1 aliphatic rings. The fraction of sp³-hybridized carbons (Fsp3) is 0.250. The third kappa shape index (κ3) is 5.12. The minimum atomic E-state index is -0.533. The second-order valence-corrected chi connectivity index (χ2v) is 7.22. The van der Waals surface area contributed by atoms with Gasteiger partial charge in [0.05, 0.1) is 18.6 Å². The standard InChI is InChI=1S/C20H21N5O5S/c1-3-30-13-5-4-12(10-14(13)29-2)11-15-19(27)25(20(28)31-15)9-8-24-18(26)16-17(21)23-7-6-22-16/h4-7,10-11H,3,8-9H2,1-2H3,(H2,21,23)(H,24,26). The molecule has 0 saturated carbocycles. The van der Waals surface area contributed by atoms with E-state index in [0.29, 0.717) is 23.7 Å². The first-order valence-electron chi connectivity index (χ1n) is 9.35. The maximum absolute atomic E-state index is 12.6. The highest BCUT2D eigenvalue weighted by molar-refractivity contribution is 8.18. The van der Waals surface area contributed by atoms with Gasteiger partial charge in [0.2, 0.25) is 0 Å². The van der Waals surface area contributed by atoms with E-state index >= 15 is 0 Å². The number of imide groups is 1. The number of hydrogen-bond acceptors (Lipinski definition) is 9. The quantitative estimate of drug-likeness (QED) is 0.586. The Balaban J connectivity index is 1.64.